The van der Waals surface area contributed by atoms with E-state index in [0.717, 1.165) is 22.3 Å². The van der Waals surface area contributed by atoms with Gasteiger partial charge in [0.15, 0.2) is 5.49 Å². The monoisotopic (exact) mass is 427 g/mol. The van der Waals surface area contributed by atoms with E-state index in [-0.39, 0.29) is 11.9 Å². The fourth-order valence-corrected chi connectivity index (χ4v) is 5.35. The summed E-state index contributed by atoms with van der Waals surface area (Å²) < 4.78 is 0. The summed E-state index contributed by atoms with van der Waals surface area (Å²) >= 11 is 1.29. The molecule has 0 radical (unpaired) electrons. The molecule has 3 aromatic rings. The van der Waals surface area contributed by atoms with Crippen molar-refractivity contribution < 1.29 is 19.9 Å². The predicted molar refractivity (Wildman–Crippen MR) is 117 cm³/mol. The van der Waals surface area contributed by atoms with Crippen molar-refractivity contribution in [1.82, 2.24) is 4.98 Å². The van der Waals surface area contributed by atoms with E-state index >= 15 is 0 Å². The molecule has 0 spiro atoms. The molecule has 2 atom stereocenters. The van der Waals surface area contributed by atoms with Crippen LogP contribution in [0.4, 0.5) is 0 Å². The number of pyridine rings is 1. The van der Waals surface area contributed by atoms with Crippen molar-refractivity contribution in [2.75, 3.05) is 5.49 Å². The third-order valence-corrected chi connectivity index (χ3v) is 7.28. The number of aryl methyl sites for hydroxylation is 1. The molecule has 1 heterocycles. The van der Waals surface area contributed by atoms with Gasteiger partial charge in [-0.2, -0.15) is 0 Å². The normalized spacial score (nSPS) is 13.9. The molecule has 5 nitrogen and oxygen atoms in total. The van der Waals surface area contributed by atoms with Crippen LogP contribution in [0.5, 0.6) is 0 Å². The molecule has 0 fully saturated rings. The summed E-state index contributed by atoms with van der Waals surface area (Å²) in [5.74, 6) is -0.299. The standard InChI is InChI=1S/C22H22NO4PS/c24-21(25)22(26,14-6-9-17-7-2-1-3-8-17)15-28(27)16-29-20-13-12-18-10-4-5-11-19(18)23-20/h1-5,7-8,10-13,15,26H,6,9,14,16H2,(H,24,25). The van der Waals surface area contributed by atoms with Gasteiger partial charge in [-0.25, -0.2) is 9.78 Å². The van der Waals surface area contributed by atoms with E-state index in [1.54, 1.807) is 0 Å². The Balaban J connectivity index is 1.61. The van der Waals surface area contributed by atoms with Gasteiger partial charge in [-0.3, -0.25) is 0 Å². The first-order valence-corrected chi connectivity index (χ1v) is 11.7. The maximum atomic E-state index is 12.5. The number of fused-ring (bicyclic) bond motifs is 1. The topological polar surface area (TPSA) is 93.5 Å². The van der Waals surface area contributed by atoms with Crippen molar-refractivity contribution in [3.63, 3.8) is 0 Å². The van der Waals surface area contributed by atoms with Gasteiger partial charge in [0.25, 0.3) is 0 Å². The van der Waals surface area contributed by atoms with Crippen molar-refractivity contribution >= 4 is 42.2 Å². The summed E-state index contributed by atoms with van der Waals surface area (Å²) in [4.78, 5) is 28.5. The molecule has 3 rings (SSSR count). The van der Waals surface area contributed by atoms with Gasteiger partial charge in [-0.15, -0.1) is 0 Å². The third-order valence-electron chi connectivity index (χ3n) is 4.51. The Bertz CT molecular complexity index is 1010. The lowest BCUT2D eigenvalue weighted by Gasteiger charge is -2.18. The first kappa shape index (κ1) is 21.5. The number of carboxylic acids is 1. The zero-order valence-corrected chi connectivity index (χ0v) is 17.5. The number of nitrogens with zero attached hydrogens (tertiary/aromatic N) is 1. The minimum absolute atomic E-state index is 0.0111. The van der Waals surface area contributed by atoms with Gasteiger partial charge in [0.1, 0.15) is 10.8 Å². The highest BCUT2D eigenvalue weighted by Gasteiger charge is 2.36. The third kappa shape index (κ3) is 6.12. The number of aromatic nitrogens is 1. The van der Waals surface area contributed by atoms with Crippen molar-refractivity contribution in [1.29, 1.82) is 0 Å². The number of hydrogen-bond acceptors (Lipinski definition) is 5. The van der Waals surface area contributed by atoms with Gasteiger partial charge in [0.05, 0.1) is 13.3 Å². The Labute approximate surface area is 174 Å². The molecule has 0 aliphatic carbocycles. The van der Waals surface area contributed by atoms with Crippen LogP contribution in [0.3, 0.4) is 0 Å². The number of carbonyl (C=O) groups is 1. The summed E-state index contributed by atoms with van der Waals surface area (Å²) in [6.45, 7) is 0. The van der Waals surface area contributed by atoms with Crippen LogP contribution in [0, 0.1) is 0 Å². The molecule has 2 aromatic carbocycles. The summed E-state index contributed by atoms with van der Waals surface area (Å²) in [5, 5.41) is 21.7. The van der Waals surface area contributed by atoms with Gasteiger partial charge < -0.3 is 15.1 Å². The molecule has 0 saturated heterocycles. The lowest BCUT2D eigenvalue weighted by Crippen LogP contribution is -2.40. The molecule has 7 heteroatoms. The van der Waals surface area contributed by atoms with Gasteiger partial charge in [-0.05, 0) is 37.0 Å². The first-order valence-electron chi connectivity index (χ1n) is 9.24. The second-order valence-electron chi connectivity index (χ2n) is 6.73. The molecular formula is C22H22NO4PS. The summed E-state index contributed by atoms with van der Waals surface area (Å²) in [6.07, 6.45) is 1.14. The number of benzene rings is 2. The summed E-state index contributed by atoms with van der Waals surface area (Å²) in [5.41, 5.74) is -0.0172. The fourth-order valence-electron chi connectivity index (χ4n) is 2.97. The van der Waals surface area contributed by atoms with E-state index in [0.29, 0.717) is 17.9 Å². The zero-order valence-electron chi connectivity index (χ0n) is 15.8. The first-order chi connectivity index (χ1) is 14.0. The van der Waals surface area contributed by atoms with Crippen LogP contribution < -0.4 is 4.89 Å². The highest BCUT2D eigenvalue weighted by atomic mass is 32.2. The van der Waals surface area contributed by atoms with E-state index in [1.165, 1.54) is 11.8 Å². The van der Waals surface area contributed by atoms with Gasteiger partial charge in [0, 0.05) is 5.39 Å². The van der Waals surface area contributed by atoms with Crippen molar-refractivity contribution in [3.8, 4) is 0 Å². The molecule has 0 saturated carbocycles. The van der Waals surface area contributed by atoms with Crippen LogP contribution in [-0.2, 0) is 11.2 Å². The number of carboxylic acid groups (broad SMARTS) is 1. The minimum Gasteiger partial charge on any atom is -0.630 e. The van der Waals surface area contributed by atoms with Gasteiger partial charge >= 0.3 is 5.97 Å². The minimum atomic E-state index is -2.10. The molecule has 1 aromatic heterocycles. The largest absolute Gasteiger partial charge is 0.630 e. The van der Waals surface area contributed by atoms with E-state index in [9.17, 15) is 19.9 Å². The lowest BCUT2D eigenvalue weighted by molar-refractivity contribution is -0.155. The van der Waals surface area contributed by atoms with Gasteiger partial charge in [-0.1, -0.05) is 66.4 Å². The molecule has 29 heavy (non-hydrogen) atoms. The number of aliphatic hydroxyl groups is 1. The van der Waals surface area contributed by atoms with E-state index in [1.807, 2.05) is 66.7 Å². The molecular weight excluding hydrogens is 405 g/mol. The quantitative estimate of drug-likeness (QED) is 0.400. The number of rotatable bonds is 9. The van der Waals surface area contributed by atoms with Crippen LogP contribution in [0.2, 0.25) is 0 Å². The smallest absolute Gasteiger partial charge is 0.343 e. The molecule has 2 unspecified atom stereocenters. The molecule has 2 N–H and O–H groups in total. The molecule has 0 aliphatic heterocycles. The zero-order chi connectivity index (χ0) is 20.7. The lowest BCUT2D eigenvalue weighted by atomic mass is 9.97. The Morgan fingerprint density at radius 2 is 1.83 bits per heavy atom. The van der Waals surface area contributed by atoms with Crippen LogP contribution in [-0.4, -0.2) is 38.1 Å². The van der Waals surface area contributed by atoms with Crippen molar-refractivity contribution in [3.05, 3.63) is 72.3 Å². The van der Waals surface area contributed by atoms with Crippen molar-refractivity contribution in [2.24, 2.45) is 0 Å². The van der Waals surface area contributed by atoms with Crippen LogP contribution in [0.25, 0.3) is 10.9 Å². The van der Waals surface area contributed by atoms with E-state index in [4.69, 9.17) is 0 Å². The molecule has 0 aliphatic rings. The average molecular weight is 427 g/mol. The molecule has 0 amide bonds. The summed E-state index contributed by atoms with van der Waals surface area (Å²) in [7, 11) is -2.02. The molecule has 0 bridgehead atoms. The van der Waals surface area contributed by atoms with Gasteiger partial charge in [0.2, 0.25) is 5.60 Å². The Hall–Kier alpha value is -2.24. The Morgan fingerprint density at radius 1 is 1.10 bits per heavy atom. The fraction of sp³-hybridized carbons (Fsp3) is 0.227. The van der Waals surface area contributed by atoms with E-state index < -0.39 is 19.3 Å². The summed E-state index contributed by atoms with van der Waals surface area (Å²) in [6, 6.07) is 21.2. The van der Waals surface area contributed by atoms with E-state index in [2.05, 4.69) is 4.98 Å². The van der Waals surface area contributed by atoms with Crippen LogP contribution >= 0.6 is 19.5 Å². The highest BCUT2D eigenvalue weighted by Crippen LogP contribution is 2.29. The second kappa shape index (κ2) is 9.99. The number of thioether (sulfide) groups is 1. The molecule has 150 valence electrons. The number of aliphatic carboxylic acids is 1. The SMILES string of the molecule is O=C(O)C(O)(C=[P+]([O-])CSc1ccc2ccccc2n1)CCCc1ccccc1. The second-order valence-corrected chi connectivity index (χ2v) is 9.56. The van der Waals surface area contributed by atoms with Crippen LogP contribution in [0.15, 0.2) is 71.8 Å². The number of hydrogen-bond donors (Lipinski definition) is 2. The highest BCUT2D eigenvalue weighted by molar-refractivity contribution is 8.04. The Morgan fingerprint density at radius 3 is 2.59 bits per heavy atom. The predicted octanol–water partition coefficient (Wildman–Crippen LogP) is 3.68. The maximum Gasteiger partial charge on any atom is 0.343 e. The maximum absolute atomic E-state index is 12.5. The Kier molecular flexibility index (Phi) is 7.40. The average Bonchev–Trinajstić information content (AvgIpc) is 2.73. The number of para-hydroxylation sites is 1. The van der Waals surface area contributed by atoms with Crippen LogP contribution in [0.1, 0.15) is 18.4 Å². The van der Waals surface area contributed by atoms with Crippen molar-refractivity contribution in [2.45, 2.75) is 29.9 Å².